The number of aliphatic hydroxyl groups excluding tert-OH is 1. The molecule has 2 N–H and O–H groups in total. The lowest BCUT2D eigenvalue weighted by Gasteiger charge is -2.13. The molecule has 5 heteroatoms. The maximum Gasteiger partial charge on any atom is 0.124 e. The number of hydrogen-bond donors (Lipinski definition) is 2. The van der Waals surface area contributed by atoms with Gasteiger partial charge in [-0.25, -0.2) is 0 Å². The van der Waals surface area contributed by atoms with Crippen LogP contribution in [0, 0.1) is 13.8 Å². The van der Waals surface area contributed by atoms with Crippen LogP contribution in [0.4, 0.5) is 0 Å². The Hall–Kier alpha value is -1.85. The molecule has 20 heavy (non-hydrogen) atoms. The van der Waals surface area contributed by atoms with Crippen LogP contribution >= 0.6 is 0 Å². The molecule has 2 aromatic rings. The van der Waals surface area contributed by atoms with Crippen molar-refractivity contribution >= 4 is 0 Å². The standard InChI is InChI=1S/C15H20N2O3/c1-11-5-12(2)7-15(6-11)19-10-14(18)9-16-8-13-3-4-20-17-13/h3-7,14,16,18H,8-10H2,1-2H3. The molecule has 0 bridgehead atoms. The Kier molecular flexibility index (Phi) is 5.15. The molecule has 0 amide bonds. The molecule has 1 atom stereocenters. The zero-order valence-corrected chi connectivity index (χ0v) is 11.8. The van der Waals surface area contributed by atoms with Crippen LogP contribution in [0.15, 0.2) is 35.1 Å². The predicted octanol–water partition coefficient (Wildman–Crippen LogP) is 1.82. The third kappa shape index (κ3) is 4.68. The van der Waals surface area contributed by atoms with Gasteiger partial charge in [0, 0.05) is 19.2 Å². The van der Waals surface area contributed by atoms with E-state index in [-0.39, 0.29) is 6.61 Å². The number of benzene rings is 1. The Morgan fingerprint density at radius 3 is 2.70 bits per heavy atom. The van der Waals surface area contributed by atoms with E-state index in [1.165, 1.54) is 6.26 Å². The Morgan fingerprint density at radius 1 is 1.30 bits per heavy atom. The molecule has 0 radical (unpaired) electrons. The summed E-state index contributed by atoms with van der Waals surface area (Å²) in [5, 5.41) is 16.7. The van der Waals surface area contributed by atoms with Gasteiger partial charge in [0.05, 0.1) is 5.69 Å². The molecule has 1 aromatic carbocycles. The summed E-state index contributed by atoms with van der Waals surface area (Å²) in [4.78, 5) is 0. The average molecular weight is 276 g/mol. The largest absolute Gasteiger partial charge is 0.491 e. The zero-order valence-electron chi connectivity index (χ0n) is 11.8. The maximum atomic E-state index is 9.85. The van der Waals surface area contributed by atoms with Crippen LogP contribution in [0.1, 0.15) is 16.8 Å². The fraction of sp³-hybridized carbons (Fsp3) is 0.400. The zero-order chi connectivity index (χ0) is 14.4. The summed E-state index contributed by atoms with van der Waals surface area (Å²) >= 11 is 0. The van der Waals surface area contributed by atoms with E-state index in [4.69, 9.17) is 9.26 Å². The quantitative estimate of drug-likeness (QED) is 0.807. The number of nitrogens with one attached hydrogen (secondary N) is 1. The third-order valence-corrected chi connectivity index (χ3v) is 2.81. The molecule has 2 rings (SSSR count). The minimum absolute atomic E-state index is 0.259. The van der Waals surface area contributed by atoms with Crippen molar-refractivity contribution in [3.63, 3.8) is 0 Å². The summed E-state index contributed by atoms with van der Waals surface area (Å²) in [6.07, 6.45) is 0.958. The van der Waals surface area contributed by atoms with Gasteiger partial charge in [-0.1, -0.05) is 11.2 Å². The lowest BCUT2D eigenvalue weighted by Crippen LogP contribution is -2.31. The average Bonchev–Trinajstić information content (AvgIpc) is 2.88. The van der Waals surface area contributed by atoms with Crippen molar-refractivity contribution in [1.82, 2.24) is 10.5 Å². The van der Waals surface area contributed by atoms with Gasteiger partial charge >= 0.3 is 0 Å². The van der Waals surface area contributed by atoms with E-state index in [9.17, 15) is 5.11 Å². The summed E-state index contributed by atoms with van der Waals surface area (Å²) in [6.45, 7) is 5.31. The SMILES string of the molecule is Cc1cc(C)cc(OCC(O)CNCc2ccon2)c1. The number of aryl methyl sites for hydroxylation is 2. The van der Waals surface area contributed by atoms with Crippen molar-refractivity contribution < 1.29 is 14.4 Å². The molecule has 1 aromatic heterocycles. The van der Waals surface area contributed by atoms with Gasteiger partial charge in [-0.2, -0.15) is 0 Å². The second-order valence-electron chi connectivity index (χ2n) is 4.91. The van der Waals surface area contributed by atoms with Gasteiger partial charge in [0.25, 0.3) is 0 Å². The van der Waals surface area contributed by atoms with Gasteiger partial charge in [0.1, 0.15) is 24.7 Å². The summed E-state index contributed by atoms with van der Waals surface area (Å²) in [5.41, 5.74) is 3.12. The molecule has 0 aliphatic heterocycles. The molecule has 5 nitrogen and oxygen atoms in total. The molecular weight excluding hydrogens is 256 g/mol. The number of aromatic nitrogens is 1. The molecule has 0 fully saturated rings. The van der Waals surface area contributed by atoms with Gasteiger partial charge in [0.2, 0.25) is 0 Å². The van der Waals surface area contributed by atoms with Crippen molar-refractivity contribution in [2.24, 2.45) is 0 Å². The molecular formula is C15H20N2O3. The second kappa shape index (κ2) is 7.07. The van der Waals surface area contributed by atoms with Crippen molar-refractivity contribution in [1.29, 1.82) is 0 Å². The van der Waals surface area contributed by atoms with E-state index in [2.05, 4.69) is 16.5 Å². The maximum absolute atomic E-state index is 9.85. The van der Waals surface area contributed by atoms with Crippen molar-refractivity contribution in [3.05, 3.63) is 47.3 Å². The highest BCUT2D eigenvalue weighted by molar-refractivity contribution is 5.32. The number of ether oxygens (including phenoxy) is 1. The van der Waals surface area contributed by atoms with E-state index in [0.29, 0.717) is 13.1 Å². The van der Waals surface area contributed by atoms with Gasteiger partial charge in [-0.15, -0.1) is 0 Å². The molecule has 0 aliphatic rings. The second-order valence-corrected chi connectivity index (χ2v) is 4.91. The van der Waals surface area contributed by atoms with E-state index in [1.54, 1.807) is 6.07 Å². The van der Waals surface area contributed by atoms with Crippen molar-refractivity contribution in [2.75, 3.05) is 13.2 Å². The first-order chi connectivity index (χ1) is 9.63. The fourth-order valence-electron chi connectivity index (χ4n) is 1.96. The first-order valence-electron chi connectivity index (χ1n) is 6.62. The molecule has 108 valence electrons. The monoisotopic (exact) mass is 276 g/mol. The summed E-state index contributed by atoms with van der Waals surface area (Å²) in [7, 11) is 0. The molecule has 0 aliphatic carbocycles. The minimum atomic E-state index is -0.567. The van der Waals surface area contributed by atoms with E-state index >= 15 is 0 Å². The van der Waals surface area contributed by atoms with Crippen LogP contribution in [0.25, 0.3) is 0 Å². The minimum Gasteiger partial charge on any atom is -0.491 e. The van der Waals surface area contributed by atoms with Crippen molar-refractivity contribution in [2.45, 2.75) is 26.5 Å². The predicted molar refractivity (Wildman–Crippen MR) is 75.6 cm³/mol. The summed E-state index contributed by atoms with van der Waals surface area (Å²) < 4.78 is 10.3. The Morgan fingerprint density at radius 2 is 2.05 bits per heavy atom. The lowest BCUT2D eigenvalue weighted by molar-refractivity contribution is 0.106. The highest BCUT2D eigenvalue weighted by Gasteiger charge is 2.06. The lowest BCUT2D eigenvalue weighted by atomic mass is 10.1. The van der Waals surface area contributed by atoms with E-state index in [0.717, 1.165) is 22.6 Å². The Labute approximate surface area is 118 Å². The number of rotatable bonds is 7. The normalized spacial score (nSPS) is 12.3. The Bertz CT molecular complexity index is 506. The van der Waals surface area contributed by atoms with Gasteiger partial charge in [-0.05, 0) is 37.1 Å². The van der Waals surface area contributed by atoms with Gasteiger partial charge in [0.15, 0.2) is 0 Å². The molecule has 1 unspecified atom stereocenters. The molecule has 0 saturated heterocycles. The van der Waals surface area contributed by atoms with Gasteiger partial charge in [-0.3, -0.25) is 0 Å². The van der Waals surface area contributed by atoms with Crippen LogP contribution in [-0.4, -0.2) is 29.5 Å². The smallest absolute Gasteiger partial charge is 0.124 e. The molecule has 1 heterocycles. The van der Waals surface area contributed by atoms with Crippen LogP contribution in [-0.2, 0) is 6.54 Å². The third-order valence-electron chi connectivity index (χ3n) is 2.81. The first kappa shape index (κ1) is 14.6. The highest BCUT2D eigenvalue weighted by atomic mass is 16.5. The van der Waals surface area contributed by atoms with Crippen LogP contribution in [0.3, 0.4) is 0 Å². The van der Waals surface area contributed by atoms with E-state index in [1.807, 2.05) is 26.0 Å². The molecule has 0 saturated carbocycles. The summed E-state index contributed by atoms with van der Waals surface area (Å²) in [6, 6.07) is 7.79. The molecule has 0 spiro atoms. The van der Waals surface area contributed by atoms with Crippen LogP contribution in [0.2, 0.25) is 0 Å². The highest BCUT2D eigenvalue weighted by Crippen LogP contribution is 2.16. The fourth-order valence-corrected chi connectivity index (χ4v) is 1.96. The van der Waals surface area contributed by atoms with Crippen molar-refractivity contribution in [3.8, 4) is 5.75 Å². The number of nitrogens with zero attached hydrogens (tertiary/aromatic N) is 1. The summed E-state index contributed by atoms with van der Waals surface area (Å²) in [5.74, 6) is 0.790. The number of hydrogen-bond acceptors (Lipinski definition) is 5. The van der Waals surface area contributed by atoms with E-state index < -0.39 is 6.10 Å². The van der Waals surface area contributed by atoms with Crippen LogP contribution < -0.4 is 10.1 Å². The van der Waals surface area contributed by atoms with Crippen LogP contribution in [0.5, 0.6) is 5.75 Å². The Balaban J connectivity index is 1.70. The first-order valence-corrected chi connectivity index (χ1v) is 6.62. The van der Waals surface area contributed by atoms with Gasteiger partial charge < -0.3 is 19.7 Å². The topological polar surface area (TPSA) is 67.5 Å². The number of aliphatic hydroxyl groups is 1.